The Bertz CT molecular complexity index is 107. The van der Waals surface area contributed by atoms with Gasteiger partial charge in [-0.2, -0.15) is 0 Å². The van der Waals surface area contributed by atoms with Gasteiger partial charge in [-0.25, -0.2) is 0 Å². The van der Waals surface area contributed by atoms with Crippen molar-refractivity contribution < 1.29 is 4.79 Å². The van der Waals surface area contributed by atoms with Crippen LogP contribution < -0.4 is 5.73 Å². The maximum atomic E-state index is 10.1. The quantitative estimate of drug-likeness (QED) is 0.562. The van der Waals surface area contributed by atoms with Gasteiger partial charge in [0.15, 0.2) is 0 Å². The van der Waals surface area contributed by atoms with Crippen LogP contribution in [-0.4, -0.2) is 5.91 Å². The molecule has 1 radical (unpaired) electrons. The van der Waals surface area contributed by atoms with E-state index in [4.69, 9.17) is 5.73 Å². The number of unbranched alkanes of at least 4 members (excludes halogenated alkanes) is 1. The summed E-state index contributed by atoms with van der Waals surface area (Å²) in [6, 6.07) is 0. The van der Waals surface area contributed by atoms with Crippen LogP contribution in [0.15, 0.2) is 12.2 Å². The van der Waals surface area contributed by atoms with Gasteiger partial charge in [0.25, 0.3) is 0 Å². The van der Waals surface area contributed by atoms with E-state index in [1.54, 1.807) is 6.08 Å². The molecular weight excluding hydrogens is 114 g/mol. The van der Waals surface area contributed by atoms with Crippen LogP contribution >= 0.6 is 0 Å². The molecule has 1 amide bonds. The Morgan fingerprint density at radius 3 is 2.78 bits per heavy atom. The average molecular weight is 126 g/mol. The molecule has 0 unspecified atom stereocenters. The van der Waals surface area contributed by atoms with Gasteiger partial charge in [-0.3, -0.25) is 4.79 Å². The highest BCUT2D eigenvalue weighted by molar-refractivity contribution is 5.73. The summed E-state index contributed by atoms with van der Waals surface area (Å²) < 4.78 is 0. The van der Waals surface area contributed by atoms with Gasteiger partial charge in [0.05, 0.1) is 0 Å². The van der Waals surface area contributed by atoms with Gasteiger partial charge in [0.1, 0.15) is 0 Å². The largest absolute Gasteiger partial charge is 0.370 e. The van der Waals surface area contributed by atoms with Crippen LogP contribution in [0.4, 0.5) is 0 Å². The summed E-state index contributed by atoms with van der Waals surface area (Å²) in [4.78, 5) is 10.1. The number of nitrogens with two attached hydrogens (primary N) is 1. The maximum Gasteiger partial charge on any atom is 0.217 e. The summed E-state index contributed by atoms with van der Waals surface area (Å²) in [5.74, 6) is -0.229. The van der Waals surface area contributed by atoms with Gasteiger partial charge < -0.3 is 5.73 Å². The number of hydrogen-bond donors (Lipinski definition) is 1. The van der Waals surface area contributed by atoms with E-state index in [2.05, 4.69) is 6.92 Å². The molecule has 0 rings (SSSR count). The van der Waals surface area contributed by atoms with E-state index in [9.17, 15) is 4.79 Å². The predicted molar refractivity (Wildman–Crippen MR) is 37.5 cm³/mol. The third kappa shape index (κ3) is 7.21. The molecule has 2 N–H and O–H groups in total. The number of carbonyl (C=O) groups excluding carboxylic acids is 1. The SMILES string of the molecule is [CH2]/C=C/CCCC(N)=O. The highest BCUT2D eigenvalue weighted by Gasteiger charge is 1.89. The first-order valence-corrected chi connectivity index (χ1v) is 3.00. The lowest BCUT2D eigenvalue weighted by atomic mass is 10.2. The second-order valence-corrected chi connectivity index (χ2v) is 1.83. The van der Waals surface area contributed by atoms with Gasteiger partial charge in [0, 0.05) is 6.42 Å². The molecule has 0 bridgehead atoms. The number of hydrogen-bond acceptors (Lipinski definition) is 1. The molecule has 0 spiro atoms. The third-order valence-corrected chi connectivity index (χ3v) is 0.961. The van der Waals surface area contributed by atoms with E-state index in [1.807, 2.05) is 6.08 Å². The monoisotopic (exact) mass is 126 g/mol. The Kier molecular flexibility index (Phi) is 4.88. The molecule has 0 heterocycles. The third-order valence-electron chi connectivity index (χ3n) is 0.961. The minimum Gasteiger partial charge on any atom is -0.370 e. The van der Waals surface area contributed by atoms with Crippen molar-refractivity contribution in [1.82, 2.24) is 0 Å². The molecule has 0 aromatic carbocycles. The molecule has 0 saturated carbocycles. The van der Waals surface area contributed by atoms with Crippen LogP contribution in [-0.2, 0) is 4.79 Å². The zero-order valence-electron chi connectivity index (χ0n) is 5.47. The van der Waals surface area contributed by atoms with Gasteiger partial charge in [0.2, 0.25) is 5.91 Å². The lowest BCUT2D eigenvalue weighted by molar-refractivity contribution is -0.118. The molecular formula is C7H12NO. The van der Waals surface area contributed by atoms with E-state index in [1.165, 1.54) is 0 Å². The van der Waals surface area contributed by atoms with Crippen molar-refractivity contribution in [2.24, 2.45) is 5.73 Å². The minimum atomic E-state index is -0.229. The Morgan fingerprint density at radius 2 is 2.33 bits per heavy atom. The lowest BCUT2D eigenvalue weighted by Crippen LogP contribution is -2.09. The zero-order valence-corrected chi connectivity index (χ0v) is 5.47. The minimum absolute atomic E-state index is 0.229. The van der Waals surface area contributed by atoms with Crippen molar-refractivity contribution >= 4 is 5.91 Å². The normalized spacial score (nSPS) is 10.3. The Hall–Kier alpha value is -0.790. The molecule has 0 aromatic rings. The maximum absolute atomic E-state index is 10.1. The number of amides is 1. The van der Waals surface area contributed by atoms with E-state index in [0.29, 0.717) is 6.42 Å². The van der Waals surface area contributed by atoms with E-state index < -0.39 is 0 Å². The summed E-state index contributed by atoms with van der Waals surface area (Å²) in [7, 11) is 0. The molecule has 0 aliphatic heterocycles. The Morgan fingerprint density at radius 1 is 1.67 bits per heavy atom. The smallest absolute Gasteiger partial charge is 0.217 e. The fourth-order valence-electron chi connectivity index (χ4n) is 0.512. The van der Waals surface area contributed by atoms with Crippen molar-refractivity contribution in [2.45, 2.75) is 19.3 Å². The number of primary amides is 1. The Labute approximate surface area is 55.7 Å². The first kappa shape index (κ1) is 8.21. The molecule has 0 saturated heterocycles. The fourth-order valence-corrected chi connectivity index (χ4v) is 0.512. The highest BCUT2D eigenvalue weighted by atomic mass is 16.1. The van der Waals surface area contributed by atoms with Crippen molar-refractivity contribution in [3.63, 3.8) is 0 Å². The zero-order chi connectivity index (χ0) is 7.11. The van der Waals surface area contributed by atoms with Crippen LogP contribution in [0.3, 0.4) is 0 Å². The number of rotatable bonds is 4. The van der Waals surface area contributed by atoms with Gasteiger partial charge >= 0.3 is 0 Å². The summed E-state index contributed by atoms with van der Waals surface area (Å²) in [5, 5.41) is 0. The summed E-state index contributed by atoms with van der Waals surface area (Å²) in [5.41, 5.74) is 4.90. The second kappa shape index (κ2) is 5.35. The van der Waals surface area contributed by atoms with Crippen molar-refractivity contribution in [3.8, 4) is 0 Å². The van der Waals surface area contributed by atoms with E-state index in [-0.39, 0.29) is 5.91 Å². The average Bonchev–Trinajstić information content (AvgIpc) is 1.80. The molecule has 0 fully saturated rings. The predicted octanol–water partition coefficient (Wildman–Crippen LogP) is 1.03. The highest BCUT2D eigenvalue weighted by Crippen LogP contribution is 1.94. The lowest BCUT2D eigenvalue weighted by Gasteiger charge is -1.89. The summed E-state index contributed by atoms with van der Waals surface area (Å²) in [6.45, 7) is 3.51. The molecule has 0 aliphatic carbocycles. The molecule has 0 atom stereocenters. The number of allylic oxidation sites excluding steroid dienone is 2. The van der Waals surface area contributed by atoms with Crippen molar-refractivity contribution in [2.75, 3.05) is 0 Å². The molecule has 2 nitrogen and oxygen atoms in total. The van der Waals surface area contributed by atoms with Crippen molar-refractivity contribution in [3.05, 3.63) is 19.1 Å². The molecule has 0 aliphatic rings. The second-order valence-electron chi connectivity index (χ2n) is 1.83. The van der Waals surface area contributed by atoms with Crippen LogP contribution in [0.1, 0.15) is 19.3 Å². The molecule has 9 heavy (non-hydrogen) atoms. The van der Waals surface area contributed by atoms with E-state index in [0.717, 1.165) is 12.8 Å². The summed E-state index contributed by atoms with van der Waals surface area (Å²) in [6.07, 6.45) is 5.85. The molecule has 2 heteroatoms. The van der Waals surface area contributed by atoms with Crippen LogP contribution in [0, 0.1) is 6.92 Å². The van der Waals surface area contributed by atoms with E-state index >= 15 is 0 Å². The van der Waals surface area contributed by atoms with Crippen LogP contribution in [0.5, 0.6) is 0 Å². The first-order valence-electron chi connectivity index (χ1n) is 3.00. The van der Waals surface area contributed by atoms with Gasteiger partial charge in [-0.15, -0.1) is 0 Å². The van der Waals surface area contributed by atoms with Gasteiger partial charge in [-0.1, -0.05) is 12.2 Å². The molecule has 51 valence electrons. The van der Waals surface area contributed by atoms with Crippen LogP contribution in [0.2, 0.25) is 0 Å². The van der Waals surface area contributed by atoms with Crippen molar-refractivity contribution in [1.29, 1.82) is 0 Å². The van der Waals surface area contributed by atoms with Crippen LogP contribution in [0.25, 0.3) is 0 Å². The number of carbonyl (C=O) groups is 1. The molecule has 0 aromatic heterocycles. The fraction of sp³-hybridized carbons (Fsp3) is 0.429. The van der Waals surface area contributed by atoms with Gasteiger partial charge in [-0.05, 0) is 19.8 Å². The summed E-state index contributed by atoms with van der Waals surface area (Å²) >= 11 is 0. The topological polar surface area (TPSA) is 43.1 Å². The Balaban J connectivity index is 3.01. The standard InChI is InChI=1S/C7H12NO/c1-2-3-4-5-6-7(8)9/h2-3H,1,4-6H2,(H2,8,9)/b3-2+. The first-order chi connectivity index (χ1) is 4.27.